The maximum Gasteiger partial charge on any atom is 0.164 e. The summed E-state index contributed by atoms with van der Waals surface area (Å²) in [4.78, 5) is 19.8. The van der Waals surface area contributed by atoms with E-state index in [1.165, 1.54) is 0 Å². The molecule has 0 saturated heterocycles. The monoisotopic (exact) mass is 577 g/mol. The molecule has 0 atom stereocenters. The number of para-hydroxylation sites is 2. The standard InChI is InChI=1S/C40H27N5/c1-4-14-28(15-5-1)33-20-10-11-21-34(33)40-41-35-22-12-13-23-36(35)45(40)32-26-24-31(25-27-32)39-43-37(29-16-6-2-7-17-29)42-38(44-39)30-18-8-3-9-19-30/h1-27H. The molecular formula is C40H27N5. The summed E-state index contributed by atoms with van der Waals surface area (Å²) in [6, 6.07) is 55.7. The van der Waals surface area contributed by atoms with E-state index in [0.717, 1.165) is 55.9 Å². The van der Waals surface area contributed by atoms with Crippen LogP contribution < -0.4 is 0 Å². The van der Waals surface area contributed by atoms with Crippen LogP contribution in [-0.4, -0.2) is 24.5 Å². The van der Waals surface area contributed by atoms with E-state index >= 15 is 0 Å². The fraction of sp³-hybridized carbons (Fsp3) is 0. The molecule has 0 aliphatic rings. The Bertz CT molecular complexity index is 2180. The minimum Gasteiger partial charge on any atom is -0.292 e. The van der Waals surface area contributed by atoms with Crippen molar-refractivity contribution in [3.8, 4) is 62.4 Å². The molecule has 0 fully saturated rings. The summed E-state index contributed by atoms with van der Waals surface area (Å²) in [6.45, 7) is 0. The molecule has 2 heterocycles. The van der Waals surface area contributed by atoms with Crippen molar-refractivity contribution in [2.75, 3.05) is 0 Å². The molecule has 0 spiro atoms. The average molecular weight is 578 g/mol. The van der Waals surface area contributed by atoms with E-state index in [1.807, 2.05) is 72.8 Å². The number of fused-ring (bicyclic) bond motifs is 1. The summed E-state index contributed by atoms with van der Waals surface area (Å²) < 4.78 is 2.24. The molecule has 5 heteroatoms. The summed E-state index contributed by atoms with van der Waals surface area (Å²) in [7, 11) is 0. The van der Waals surface area contributed by atoms with Crippen LogP contribution in [0, 0.1) is 0 Å². The summed E-state index contributed by atoms with van der Waals surface area (Å²) in [5.74, 6) is 2.80. The lowest BCUT2D eigenvalue weighted by Gasteiger charge is -2.14. The minimum absolute atomic E-state index is 0.624. The maximum absolute atomic E-state index is 5.15. The number of hydrogen-bond acceptors (Lipinski definition) is 4. The highest BCUT2D eigenvalue weighted by atomic mass is 15.1. The quantitative estimate of drug-likeness (QED) is 0.197. The van der Waals surface area contributed by atoms with Gasteiger partial charge in [0.15, 0.2) is 17.5 Å². The molecule has 8 rings (SSSR count). The number of rotatable bonds is 6. The van der Waals surface area contributed by atoms with Crippen LogP contribution >= 0.6 is 0 Å². The molecule has 0 saturated carbocycles. The van der Waals surface area contributed by atoms with Gasteiger partial charge in [-0.25, -0.2) is 19.9 Å². The van der Waals surface area contributed by atoms with E-state index < -0.39 is 0 Å². The predicted molar refractivity (Wildman–Crippen MR) is 182 cm³/mol. The fourth-order valence-corrected chi connectivity index (χ4v) is 5.71. The molecule has 0 N–H and O–H groups in total. The van der Waals surface area contributed by atoms with Crippen molar-refractivity contribution < 1.29 is 0 Å². The van der Waals surface area contributed by atoms with Crippen LogP contribution in [0.2, 0.25) is 0 Å². The molecule has 0 amide bonds. The van der Waals surface area contributed by atoms with Gasteiger partial charge in [0.05, 0.1) is 11.0 Å². The van der Waals surface area contributed by atoms with Crippen molar-refractivity contribution in [3.63, 3.8) is 0 Å². The zero-order valence-electron chi connectivity index (χ0n) is 24.3. The fourth-order valence-electron chi connectivity index (χ4n) is 5.71. The number of imidazole rings is 1. The smallest absolute Gasteiger partial charge is 0.164 e. The lowest BCUT2D eigenvalue weighted by Crippen LogP contribution is -2.01. The van der Waals surface area contributed by atoms with Gasteiger partial charge in [0.2, 0.25) is 0 Å². The van der Waals surface area contributed by atoms with Crippen molar-refractivity contribution in [2.45, 2.75) is 0 Å². The molecule has 212 valence electrons. The van der Waals surface area contributed by atoms with Gasteiger partial charge in [0, 0.05) is 27.9 Å². The van der Waals surface area contributed by atoms with Crippen molar-refractivity contribution >= 4 is 11.0 Å². The van der Waals surface area contributed by atoms with Crippen molar-refractivity contribution in [1.82, 2.24) is 24.5 Å². The lowest BCUT2D eigenvalue weighted by atomic mass is 9.99. The van der Waals surface area contributed by atoms with Gasteiger partial charge in [-0.2, -0.15) is 0 Å². The van der Waals surface area contributed by atoms with Crippen LogP contribution in [0.4, 0.5) is 0 Å². The minimum atomic E-state index is 0.624. The second-order valence-electron chi connectivity index (χ2n) is 10.8. The van der Waals surface area contributed by atoms with Gasteiger partial charge >= 0.3 is 0 Å². The molecule has 0 aliphatic carbocycles. The Kier molecular flexibility index (Phi) is 6.74. The largest absolute Gasteiger partial charge is 0.292 e. The van der Waals surface area contributed by atoms with Gasteiger partial charge in [0.25, 0.3) is 0 Å². The third-order valence-electron chi connectivity index (χ3n) is 7.90. The molecule has 8 aromatic rings. The summed E-state index contributed by atoms with van der Waals surface area (Å²) in [6.07, 6.45) is 0. The summed E-state index contributed by atoms with van der Waals surface area (Å²) in [5.41, 5.74) is 9.15. The summed E-state index contributed by atoms with van der Waals surface area (Å²) >= 11 is 0. The molecule has 0 aliphatic heterocycles. The van der Waals surface area contributed by atoms with Gasteiger partial charge in [-0.3, -0.25) is 4.57 Å². The van der Waals surface area contributed by atoms with Crippen LogP contribution in [-0.2, 0) is 0 Å². The van der Waals surface area contributed by atoms with E-state index in [0.29, 0.717) is 17.5 Å². The maximum atomic E-state index is 5.15. The highest BCUT2D eigenvalue weighted by Gasteiger charge is 2.18. The Morgan fingerprint density at radius 2 is 0.778 bits per heavy atom. The highest BCUT2D eigenvalue weighted by molar-refractivity contribution is 5.88. The number of benzene rings is 6. The third-order valence-corrected chi connectivity index (χ3v) is 7.90. The molecule has 0 unspecified atom stereocenters. The first kappa shape index (κ1) is 26.4. The molecule has 0 bridgehead atoms. The van der Waals surface area contributed by atoms with Gasteiger partial charge in [-0.15, -0.1) is 0 Å². The van der Waals surface area contributed by atoms with Crippen molar-refractivity contribution in [1.29, 1.82) is 0 Å². The van der Waals surface area contributed by atoms with Gasteiger partial charge in [0.1, 0.15) is 5.82 Å². The Labute approximate surface area is 261 Å². The zero-order valence-corrected chi connectivity index (χ0v) is 24.3. The van der Waals surface area contributed by atoms with Crippen LogP contribution in [0.25, 0.3) is 73.4 Å². The van der Waals surface area contributed by atoms with Gasteiger partial charge < -0.3 is 0 Å². The van der Waals surface area contributed by atoms with Crippen molar-refractivity contribution in [2.24, 2.45) is 0 Å². The summed E-state index contributed by atoms with van der Waals surface area (Å²) in [5, 5.41) is 0. The second kappa shape index (κ2) is 11.5. The van der Waals surface area contributed by atoms with Crippen LogP contribution in [0.3, 0.4) is 0 Å². The molecule has 0 radical (unpaired) electrons. The number of aromatic nitrogens is 5. The van der Waals surface area contributed by atoms with Crippen LogP contribution in [0.1, 0.15) is 0 Å². The van der Waals surface area contributed by atoms with Gasteiger partial charge in [-0.05, 0) is 47.5 Å². The first-order valence-corrected chi connectivity index (χ1v) is 14.9. The van der Waals surface area contributed by atoms with Gasteiger partial charge in [-0.1, -0.05) is 127 Å². The van der Waals surface area contributed by atoms with E-state index in [1.54, 1.807) is 0 Å². The lowest BCUT2D eigenvalue weighted by molar-refractivity contribution is 1.07. The van der Waals surface area contributed by atoms with E-state index in [4.69, 9.17) is 19.9 Å². The Balaban J connectivity index is 1.26. The van der Waals surface area contributed by atoms with Crippen LogP contribution in [0.5, 0.6) is 0 Å². The topological polar surface area (TPSA) is 56.5 Å². The van der Waals surface area contributed by atoms with Crippen molar-refractivity contribution in [3.05, 3.63) is 164 Å². The first-order chi connectivity index (χ1) is 22.3. The van der Waals surface area contributed by atoms with E-state index in [9.17, 15) is 0 Å². The number of nitrogens with zero attached hydrogens (tertiary/aromatic N) is 5. The molecule has 5 nitrogen and oxygen atoms in total. The van der Waals surface area contributed by atoms with E-state index in [-0.39, 0.29) is 0 Å². The molecule has 45 heavy (non-hydrogen) atoms. The number of hydrogen-bond donors (Lipinski definition) is 0. The Hall–Kier alpha value is -6.20. The Morgan fingerprint density at radius 1 is 0.333 bits per heavy atom. The SMILES string of the molecule is c1ccc(-c2nc(-c3ccccc3)nc(-c3ccc(-n4c(-c5ccccc5-c5ccccc5)nc5ccccc54)cc3)n2)cc1. The molecule has 6 aromatic carbocycles. The highest BCUT2D eigenvalue weighted by Crippen LogP contribution is 2.36. The van der Waals surface area contributed by atoms with E-state index in [2.05, 4.69) is 95.6 Å². The molecular weight excluding hydrogens is 550 g/mol. The van der Waals surface area contributed by atoms with Crippen LogP contribution in [0.15, 0.2) is 164 Å². The average Bonchev–Trinajstić information content (AvgIpc) is 3.52. The normalized spacial score (nSPS) is 11.1. The second-order valence-corrected chi connectivity index (χ2v) is 10.8. The zero-order chi connectivity index (χ0) is 30.0. The molecule has 2 aromatic heterocycles. The Morgan fingerprint density at radius 3 is 1.36 bits per heavy atom. The third kappa shape index (κ3) is 5.07. The predicted octanol–water partition coefficient (Wildman–Crippen LogP) is 9.55. The first-order valence-electron chi connectivity index (χ1n) is 14.9.